The minimum atomic E-state index is -1.40. The van der Waals surface area contributed by atoms with Crippen LogP contribution in [0.4, 0.5) is 4.39 Å². The fourth-order valence-electron chi connectivity index (χ4n) is 0.850. The van der Waals surface area contributed by atoms with Crippen LogP contribution in [0.2, 0.25) is 0 Å². The Balaban J connectivity index is -0.000000346. The maximum Gasteiger partial charge on any atom is 0.164 e. The second-order valence-corrected chi connectivity index (χ2v) is 4.68. The molecule has 1 nitrogen and oxygen atoms in total. The molecule has 0 saturated carbocycles. The lowest BCUT2D eigenvalue weighted by atomic mass is 10.0. The molecule has 2 unspecified atom stereocenters. The lowest BCUT2D eigenvalue weighted by molar-refractivity contribution is -0.122. The molecule has 0 fully saturated rings. The monoisotopic (exact) mass is 284 g/mol. The fourth-order valence-corrected chi connectivity index (χ4v) is 0.850. The lowest BCUT2D eigenvalue weighted by Gasteiger charge is -2.07. The Labute approximate surface area is 125 Å². The van der Waals surface area contributed by atoms with Gasteiger partial charge in [0.1, 0.15) is 0 Å². The Hall–Kier alpha value is -1.18. The molecule has 20 heavy (non-hydrogen) atoms. The van der Waals surface area contributed by atoms with Crippen molar-refractivity contribution < 1.29 is 9.18 Å². The molecule has 0 aromatic rings. The third-order valence-corrected chi connectivity index (χ3v) is 2.44. The molecule has 0 heterocycles. The summed E-state index contributed by atoms with van der Waals surface area (Å²) < 4.78 is 13.0. The summed E-state index contributed by atoms with van der Waals surface area (Å²) in [5.41, 5.74) is 0. The van der Waals surface area contributed by atoms with Gasteiger partial charge in [-0.25, -0.2) is 4.39 Å². The number of allylic oxidation sites excluding steroid dienone is 5. The molecule has 118 valence electrons. The summed E-state index contributed by atoms with van der Waals surface area (Å²) in [4.78, 5) is 10.6. The molecule has 0 N–H and O–H groups in total. The molecule has 0 bridgehead atoms. The van der Waals surface area contributed by atoms with E-state index < -0.39 is 12.0 Å². The van der Waals surface area contributed by atoms with Gasteiger partial charge in [0.25, 0.3) is 0 Å². The Morgan fingerprint density at radius 3 is 1.90 bits per heavy atom. The Kier molecular flexibility index (Phi) is 21.3. The van der Waals surface area contributed by atoms with E-state index in [1.54, 1.807) is 37.3 Å². The van der Waals surface area contributed by atoms with Gasteiger partial charge < -0.3 is 0 Å². The van der Waals surface area contributed by atoms with Crippen LogP contribution >= 0.6 is 0 Å². The zero-order chi connectivity index (χ0) is 16.6. The van der Waals surface area contributed by atoms with Gasteiger partial charge in [0, 0.05) is 5.92 Å². The van der Waals surface area contributed by atoms with Gasteiger partial charge >= 0.3 is 0 Å². The van der Waals surface area contributed by atoms with Crippen LogP contribution in [-0.4, -0.2) is 12.0 Å². The largest absolute Gasteiger partial charge is 0.297 e. The summed E-state index contributed by atoms with van der Waals surface area (Å²) in [5.74, 6) is 0.0896. The van der Waals surface area contributed by atoms with Gasteiger partial charge in [0.05, 0.1) is 0 Å². The predicted molar refractivity (Wildman–Crippen MR) is 89.7 cm³/mol. The number of hydrogen-bond donors (Lipinski definition) is 0. The molecular formula is C18H33FO. The van der Waals surface area contributed by atoms with E-state index in [4.69, 9.17) is 0 Å². The number of ketones is 1. The summed E-state index contributed by atoms with van der Waals surface area (Å²) >= 11 is 0. The van der Waals surface area contributed by atoms with Crippen LogP contribution in [-0.2, 0) is 4.79 Å². The number of alkyl halides is 1. The molecule has 0 aromatic carbocycles. The quantitative estimate of drug-likeness (QED) is 0.553. The van der Waals surface area contributed by atoms with E-state index in [0.29, 0.717) is 0 Å². The van der Waals surface area contributed by atoms with E-state index in [0.717, 1.165) is 5.92 Å². The van der Waals surface area contributed by atoms with Crippen molar-refractivity contribution in [1.82, 2.24) is 0 Å². The third-order valence-electron chi connectivity index (χ3n) is 2.44. The van der Waals surface area contributed by atoms with Crippen molar-refractivity contribution in [2.24, 2.45) is 11.8 Å². The molecule has 0 aromatic heterocycles. The highest BCUT2D eigenvalue weighted by molar-refractivity contribution is 5.80. The van der Waals surface area contributed by atoms with E-state index in [9.17, 15) is 9.18 Å². The smallest absolute Gasteiger partial charge is 0.164 e. The molecule has 0 saturated heterocycles. The maximum absolute atomic E-state index is 13.0. The topological polar surface area (TPSA) is 17.1 Å². The standard InChI is InChI=1S/C11H15FO.C5H12.C2H6/c1-4-5-6-7-8-9(2)11(12)10(3)13;1-4-5(2)3;1-2/h4-9,11H,1H2,2-3H3;5H,4H2,1-3H3;1-2H3/b6-5-,8-7-;;. The SMILES string of the molecule is C=C/C=C\C=C/C(C)C(F)C(C)=O.CC.CCC(C)C. The molecule has 0 aliphatic heterocycles. The normalized spacial score (nSPS) is 13.2. The first-order chi connectivity index (χ1) is 9.36. The van der Waals surface area contributed by atoms with Crippen molar-refractivity contribution in [3.8, 4) is 0 Å². The molecule has 0 aliphatic rings. The number of carbonyl (C=O) groups is 1. The second-order valence-electron chi connectivity index (χ2n) is 4.68. The molecule has 2 atom stereocenters. The van der Waals surface area contributed by atoms with Crippen molar-refractivity contribution in [1.29, 1.82) is 0 Å². The number of halogens is 1. The highest BCUT2D eigenvalue weighted by Crippen LogP contribution is 2.09. The first-order valence-corrected chi connectivity index (χ1v) is 7.47. The van der Waals surface area contributed by atoms with Gasteiger partial charge in [0.15, 0.2) is 12.0 Å². The molecule has 2 heteroatoms. The van der Waals surface area contributed by atoms with Crippen molar-refractivity contribution in [3.63, 3.8) is 0 Å². The van der Waals surface area contributed by atoms with Gasteiger partial charge in [-0.2, -0.15) is 0 Å². The zero-order valence-electron chi connectivity index (χ0n) is 14.3. The maximum atomic E-state index is 13.0. The number of hydrogen-bond acceptors (Lipinski definition) is 1. The average molecular weight is 284 g/mol. The summed E-state index contributed by atoms with van der Waals surface area (Å²) in [6.45, 7) is 17.1. The molecule has 0 rings (SSSR count). The van der Waals surface area contributed by atoms with Gasteiger partial charge in [-0.3, -0.25) is 4.79 Å². The van der Waals surface area contributed by atoms with Crippen molar-refractivity contribution in [3.05, 3.63) is 37.0 Å². The summed E-state index contributed by atoms with van der Waals surface area (Å²) in [6.07, 6.45) is 8.40. The van der Waals surface area contributed by atoms with E-state index in [-0.39, 0.29) is 5.92 Å². The van der Waals surface area contributed by atoms with Crippen molar-refractivity contribution in [2.45, 2.75) is 61.1 Å². The van der Waals surface area contributed by atoms with E-state index >= 15 is 0 Å². The predicted octanol–water partition coefficient (Wildman–Crippen LogP) is 5.93. The molecule has 0 spiro atoms. The zero-order valence-corrected chi connectivity index (χ0v) is 14.3. The Bertz CT molecular complexity index is 277. The van der Waals surface area contributed by atoms with Crippen LogP contribution in [0.25, 0.3) is 0 Å². The minimum absolute atomic E-state index is 0.369. The van der Waals surface area contributed by atoms with E-state index in [2.05, 4.69) is 27.4 Å². The number of rotatable bonds is 6. The minimum Gasteiger partial charge on any atom is -0.297 e. The average Bonchev–Trinajstić information content (AvgIpc) is 2.45. The van der Waals surface area contributed by atoms with Gasteiger partial charge in [-0.1, -0.05) is 84.9 Å². The van der Waals surface area contributed by atoms with Crippen molar-refractivity contribution >= 4 is 5.78 Å². The second kappa shape index (κ2) is 17.8. The number of carbonyl (C=O) groups excluding carboxylic acids is 1. The molecular weight excluding hydrogens is 251 g/mol. The highest BCUT2D eigenvalue weighted by atomic mass is 19.1. The van der Waals surface area contributed by atoms with Crippen LogP contribution < -0.4 is 0 Å². The summed E-state index contributed by atoms with van der Waals surface area (Å²) in [5, 5.41) is 0. The Morgan fingerprint density at radius 2 is 1.60 bits per heavy atom. The molecule has 0 aliphatic carbocycles. The fraction of sp³-hybridized carbons (Fsp3) is 0.611. The van der Waals surface area contributed by atoms with Gasteiger partial charge in [0.2, 0.25) is 0 Å². The first-order valence-electron chi connectivity index (χ1n) is 7.47. The molecule has 0 radical (unpaired) electrons. The van der Waals surface area contributed by atoms with Crippen LogP contribution in [0.3, 0.4) is 0 Å². The van der Waals surface area contributed by atoms with Crippen LogP contribution in [0.1, 0.15) is 54.9 Å². The van der Waals surface area contributed by atoms with E-state index in [1.165, 1.54) is 13.3 Å². The van der Waals surface area contributed by atoms with Crippen molar-refractivity contribution in [2.75, 3.05) is 0 Å². The lowest BCUT2D eigenvalue weighted by Crippen LogP contribution is -2.18. The van der Waals surface area contributed by atoms with Crippen LogP contribution in [0.5, 0.6) is 0 Å². The van der Waals surface area contributed by atoms with Gasteiger partial charge in [-0.15, -0.1) is 0 Å². The summed E-state index contributed by atoms with van der Waals surface area (Å²) in [6, 6.07) is 0. The third kappa shape index (κ3) is 19.2. The van der Waals surface area contributed by atoms with Crippen LogP contribution in [0.15, 0.2) is 37.0 Å². The molecule has 0 amide bonds. The first kappa shape index (κ1) is 23.9. The Morgan fingerprint density at radius 1 is 1.15 bits per heavy atom. The summed E-state index contributed by atoms with van der Waals surface area (Å²) in [7, 11) is 0. The van der Waals surface area contributed by atoms with Crippen LogP contribution in [0, 0.1) is 11.8 Å². The van der Waals surface area contributed by atoms with E-state index in [1.807, 2.05) is 13.8 Å². The van der Waals surface area contributed by atoms with Gasteiger partial charge in [-0.05, 0) is 12.8 Å². The highest BCUT2D eigenvalue weighted by Gasteiger charge is 2.17. The number of Topliss-reactive ketones (excluding diaryl/α,β-unsaturated/α-hetero) is 1.